The Kier molecular flexibility index (Phi) is 7.70. The lowest BCUT2D eigenvalue weighted by atomic mass is 9.89. The van der Waals surface area contributed by atoms with Crippen LogP contribution in [0.2, 0.25) is 0 Å². The molecular formula is C28H32N2O2. The maximum Gasteiger partial charge on any atom is 0.232 e. The van der Waals surface area contributed by atoms with Crippen molar-refractivity contribution in [3.05, 3.63) is 108 Å². The summed E-state index contributed by atoms with van der Waals surface area (Å²) in [6.07, 6.45) is 2.44. The zero-order valence-electron chi connectivity index (χ0n) is 18.4. The van der Waals surface area contributed by atoms with Crippen molar-refractivity contribution in [3.63, 3.8) is 0 Å². The Morgan fingerprint density at radius 3 is 1.91 bits per heavy atom. The molecule has 0 aliphatic heterocycles. The number of carbonyl (C=O) groups is 1. The topological polar surface area (TPSA) is 61.4 Å². The van der Waals surface area contributed by atoms with Crippen LogP contribution in [-0.2, 0) is 11.2 Å². The molecule has 1 saturated carbocycles. The summed E-state index contributed by atoms with van der Waals surface area (Å²) >= 11 is 0. The van der Waals surface area contributed by atoms with E-state index in [1.165, 1.54) is 12.8 Å². The molecule has 1 amide bonds. The molecule has 4 heteroatoms. The highest BCUT2D eigenvalue weighted by molar-refractivity contribution is 5.87. The lowest BCUT2D eigenvalue weighted by Gasteiger charge is -2.27. The van der Waals surface area contributed by atoms with Crippen LogP contribution in [0.25, 0.3) is 0 Å². The molecule has 0 bridgehead atoms. The molecular weight excluding hydrogens is 396 g/mol. The largest absolute Gasteiger partial charge is 0.390 e. The molecule has 1 fully saturated rings. The van der Waals surface area contributed by atoms with Crippen molar-refractivity contribution in [2.75, 3.05) is 13.1 Å². The molecule has 3 N–H and O–H groups in total. The third-order valence-corrected chi connectivity index (χ3v) is 6.10. The summed E-state index contributed by atoms with van der Waals surface area (Å²) in [4.78, 5) is 13.6. The van der Waals surface area contributed by atoms with Gasteiger partial charge in [0.05, 0.1) is 18.1 Å². The van der Waals surface area contributed by atoms with E-state index in [4.69, 9.17) is 0 Å². The zero-order valence-corrected chi connectivity index (χ0v) is 18.4. The Labute approximate surface area is 190 Å². The van der Waals surface area contributed by atoms with E-state index in [1.807, 2.05) is 91.0 Å². The van der Waals surface area contributed by atoms with Crippen LogP contribution in [0, 0.1) is 5.92 Å². The summed E-state index contributed by atoms with van der Waals surface area (Å²) in [6, 6.07) is 29.3. The van der Waals surface area contributed by atoms with E-state index >= 15 is 0 Å². The number of amides is 1. The maximum absolute atomic E-state index is 13.6. The van der Waals surface area contributed by atoms with E-state index in [0.717, 1.165) is 29.2 Å². The lowest BCUT2D eigenvalue weighted by molar-refractivity contribution is -0.123. The van der Waals surface area contributed by atoms with Crippen LogP contribution >= 0.6 is 0 Å². The first-order valence-corrected chi connectivity index (χ1v) is 11.5. The van der Waals surface area contributed by atoms with Crippen LogP contribution in [0.15, 0.2) is 91.0 Å². The van der Waals surface area contributed by atoms with Gasteiger partial charge in [-0.25, -0.2) is 0 Å². The first-order chi connectivity index (χ1) is 15.7. The molecule has 32 heavy (non-hydrogen) atoms. The maximum atomic E-state index is 13.6. The number of rotatable bonds is 11. The number of aliphatic hydroxyl groups excluding tert-OH is 1. The van der Waals surface area contributed by atoms with Gasteiger partial charge in [-0.1, -0.05) is 91.0 Å². The summed E-state index contributed by atoms with van der Waals surface area (Å²) in [7, 11) is 0. The number of aliphatic hydroxyl groups is 1. The van der Waals surface area contributed by atoms with Crippen LogP contribution in [0.3, 0.4) is 0 Å². The molecule has 4 rings (SSSR count). The molecule has 3 aromatic rings. The Bertz CT molecular complexity index is 919. The smallest absolute Gasteiger partial charge is 0.232 e. The Hall–Kier alpha value is -2.95. The van der Waals surface area contributed by atoms with E-state index in [1.54, 1.807) is 0 Å². The van der Waals surface area contributed by atoms with Gasteiger partial charge in [0, 0.05) is 6.54 Å². The average Bonchev–Trinajstić information content (AvgIpc) is 3.65. The summed E-state index contributed by atoms with van der Waals surface area (Å²) in [6.45, 7) is 1.40. The molecule has 0 aromatic heterocycles. The second kappa shape index (κ2) is 11.1. The molecule has 0 saturated heterocycles. The second-order valence-electron chi connectivity index (χ2n) is 8.73. The van der Waals surface area contributed by atoms with Crippen molar-refractivity contribution in [1.29, 1.82) is 0 Å². The third-order valence-electron chi connectivity index (χ3n) is 6.10. The fraction of sp³-hybridized carbons (Fsp3) is 0.321. The average molecular weight is 429 g/mol. The van der Waals surface area contributed by atoms with Crippen LogP contribution in [0.4, 0.5) is 0 Å². The van der Waals surface area contributed by atoms with E-state index in [0.29, 0.717) is 13.0 Å². The first-order valence-electron chi connectivity index (χ1n) is 11.5. The highest BCUT2D eigenvalue weighted by Gasteiger charge is 2.28. The molecule has 0 radical (unpaired) electrons. The highest BCUT2D eigenvalue weighted by atomic mass is 16.3. The number of hydrogen-bond acceptors (Lipinski definition) is 3. The molecule has 0 spiro atoms. The van der Waals surface area contributed by atoms with Gasteiger partial charge in [0.1, 0.15) is 0 Å². The monoisotopic (exact) mass is 428 g/mol. The van der Waals surface area contributed by atoms with Gasteiger partial charge in [-0.15, -0.1) is 0 Å². The summed E-state index contributed by atoms with van der Waals surface area (Å²) in [5, 5.41) is 17.6. The SMILES string of the molecule is O=C(N[C@@H](Cc1ccccc1)[C@H](O)CNCC1CC1)C(c1ccccc1)c1ccccc1. The quantitative estimate of drug-likeness (QED) is 0.434. The third kappa shape index (κ3) is 6.28. The molecule has 0 heterocycles. The minimum absolute atomic E-state index is 0.0930. The van der Waals surface area contributed by atoms with Crippen LogP contribution in [0.5, 0.6) is 0 Å². The van der Waals surface area contributed by atoms with Gasteiger partial charge in [-0.05, 0) is 48.4 Å². The van der Waals surface area contributed by atoms with E-state index in [9.17, 15) is 9.90 Å². The predicted molar refractivity (Wildman–Crippen MR) is 128 cm³/mol. The van der Waals surface area contributed by atoms with E-state index in [2.05, 4.69) is 10.6 Å². The van der Waals surface area contributed by atoms with Gasteiger partial charge in [0.2, 0.25) is 5.91 Å². The van der Waals surface area contributed by atoms with Crippen LogP contribution in [-0.4, -0.2) is 36.2 Å². The lowest BCUT2D eigenvalue weighted by Crippen LogP contribution is -2.50. The van der Waals surface area contributed by atoms with Gasteiger partial charge in [-0.2, -0.15) is 0 Å². The van der Waals surface area contributed by atoms with E-state index in [-0.39, 0.29) is 11.9 Å². The first kappa shape index (κ1) is 22.3. The minimum Gasteiger partial charge on any atom is -0.390 e. The minimum atomic E-state index is -0.676. The zero-order chi connectivity index (χ0) is 22.2. The number of hydrogen-bond donors (Lipinski definition) is 3. The summed E-state index contributed by atoms with van der Waals surface area (Å²) in [5.74, 6) is 0.219. The fourth-order valence-electron chi connectivity index (χ4n) is 4.10. The van der Waals surface area contributed by atoms with Crippen molar-refractivity contribution >= 4 is 5.91 Å². The normalized spacial score (nSPS) is 15.3. The molecule has 1 aliphatic carbocycles. The van der Waals surface area contributed by atoms with Gasteiger partial charge in [0.25, 0.3) is 0 Å². The van der Waals surface area contributed by atoms with Crippen molar-refractivity contribution in [2.24, 2.45) is 5.92 Å². The molecule has 3 aromatic carbocycles. The number of nitrogens with one attached hydrogen (secondary N) is 2. The fourth-order valence-corrected chi connectivity index (χ4v) is 4.10. The van der Waals surface area contributed by atoms with Crippen molar-refractivity contribution in [2.45, 2.75) is 37.3 Å². The van der Waals surface area contributed by atoms with Gasteiger partial charge in [-0.3, -0.25) is 4.79 Å². The molecule has 1 aliphatic rings. The number of carbonyl (C=O) groups excluding carboxylic acids is 1. The van der Waals surface area contributed by atoms with Gasteiger partial charge in [0.15, 0.2) is 0 Å². The Balaban J connectivity index is 1.53. The molecule has 0 unspecified atom stereocenters. The van der Waals surface area contributed by atoms with Crippen molar-refractivity contribution < 1.29 is 9.90 Å². The van der Waals surface area contributed by atoms with Crippen molar-refractivity contribution in [3.8, 4) is 0 Å². The van der Waals surface area contributed by atoms with E-state index < -0.39 is 12.0 Å². The van der Waals surface area contributed by atoms with Crippen LogP contribution < -0.4 is 10.6 Å². The standard InChI is InChI=1S/C28H32N2O2/c31-26(20-29-19-22-16-17-22)25(18-21-10-4-1-5-11-21)30-28(32)27(23-12-6-2-7-13-23)24-14-8-3-9-15-24/h1-15,22,25-27,29,31H,16-20H2,(H,30,32)/t25-,26+/m0/s1. The highest BCUT2D eigenvalue weighted by Crippen LogP contribution is 2.27. The van der Waals surface area contributed by atoms with Crippen LogP contribution in [0.1, 0.15) is 35.4 Å². The second-order valence-corrected chi connectivity index (χ2v) is 8.73. The Morgan fingerprint density at radius 1 is 0.844 bits per heavy atom. The summed E-state index contributed by atoms with van der Waals surface area (Å²) in [5.41, 5.74) is 2.97. The molecule has 166 valence electrons. The predicted octanol–water partition coefficient (Wildman–Crippen LogP) is 3.91. The molecule has 4 nitrogen and oxygen atoms in total. The number of benzene rings is 3. The molecule has 2 atom stereocenters. The summed E-state index contributed by atoms with van der Waals surface area (Å²) < 4.78 is 0. The van der Waals surface area contributed by atoms with Crippen molar-refractivity contribution in [1.82, 2.24) is 10.6 Å². The van der Waals surface area contributed by atoms with Gasteiger partial charge < -0.3 is 15.7 Å². The Morgan fingerprint density at radius 2 is 1.38 bits per heavy atom. The van der Waals surface area contributed by atoms with Gasteiger partial charge >= 0.3 is 0 Å².